The monoisotopic (exact) mass is 290 g/mol. The van der Waals surface area contributed by atoms with Crippen molar-refractivity contribution in [1.29, 1.82) is 0 Å². The lowest BCUT2D eigenvalue weighted by atomic mass is 10.2. The van der Waals surface area contributed by atoms with Gasteiger partial charge in [0.2, 0.25) is 0 Å². The van der Waals surface area contributed by atoms with Gasteiger partial charge >= 0.3 is 0 Å². The van der Waals surface area contributed by atoms with Gasteiger partial charge in [-0.2, -0.15) is 0 Å². The molecule has 0 amide bonds. The zero-order chi connectivity index (χ0) is 14.2. The largest absolute Gasteiger partial charge is 0.497 e. The number of aryl methyl sites for hydroxylation is 1. The van der Waals surface area contributed by atoms with Crippen LogP contribution >= 0.6 is 12.2 Å². The van der Waals surface area contributed by atoms with Crippen LogP contribution in [0.15, 0.2) is 47.1 Å². The summed E-state index contributed by atoms with van der Waals surface area (Å²) in [6.45, 7) is 0.802. The van der Waals surface area contributed by atoms with Gasteiger partial charge in [0, 0.05) is 24.7 Å². The first-order valence-corrected chi connectivity index (χ1v) is 6.90. The van der Waals surface area contributed by atoms with Gasteiger partial charge in [0.05, 0.1) is 13.4 Å². The van der Waals surface area contributed by atoms with E-state index in [4.69, 9.17) is 21.4 Å². The van der Waals surface area contributed by atoms with Gasteiger partial charge in [-0.05, 0) is 42.9 Å². The molecule has 5 heteroatoms. The fourth-order valence-electron chi connectivity index (χ4n) is 1.80. The van der Waals surface area contributed by atoms with Crippen LogP contribution in [0.4, 0.5) is 5.69 Å². The summed E-state index contributed by atoms with van der Waals surface area (Å²) in [5.74, 6) is 1.80. The van der Waals surface area contributed by atoms with Gasteiger partial charge in [0.1, 0.15) is 11.5 Å². The molecule has 1 aromatic heterocycles. The number of thiocarbonyl (C=S) groups is 1. The van der Waals surface area contributed by atoms with Gasteiger partial charge < -0.3 is 19.8 Å². The second kappa shape index (κ2) is 7.55. The standard InChI is InChI=1S/C15H18N2O2S/c1-18-14-6-2-5-12(11-14)17-15(20)16-9-3-7-13-8-4-10-19-13/h2,4-6,8,10-11H,3,7,9H2,1H3,(H2,16,17,20). The molecule has 0 spiro atoms. The van der Waals surface area contributed by atoms with E-state index in [0.717, 1.165) is 36.6 Å². The average molecular weight is 290 g/mol. The van der Waals surface area contributed by atoms with Crippen molar-refractivity contribution in [3.05, 3.63) is 48.4 Å². The Kier molecular flexibility index (Phi) is 5.43. The molecule has 0 aliphatic rings. The van der Waals surface area contributed by atoms with Crippen molar-refractivity contribution in [3.63, 3.8) is 0 Å². The number of hydrogen-bond acceptors (Lipinski definition) is 3. The fourth-order valence-corrected chi connectivity index (χ4v) is 2.02. The van der Waals surface area contributed by atoms with Crippen LogP contribution in [-0.4, -0.2) is 18.8 Å². The fraction of sp³-hybridized carbons (Fsp3) is 0.267. The molecular weight excluding hydrogens is 272 g/mol. The minimum absolute atomic E-state index is 0.609. The number of ether oxygens (including phenoxy) is 1. The second-order valence-corrected chi connectivity index (χ2v) is 4.70. The highest BCUT2D eigenvalue weighted by Crippen LogP contribution is 2.16. The van der Waals surface area contributed by atoms with Gasteiger partial charge in [-0.15, -0.1) is 0 Å². The predicted molar refractivity (Wildman–Crippen MR) is 84.2 cm³/mol. The summed E-state index contributed by atoms with van der Waals surface area (Å²) in [5.41, 5.74) is 0.910. The van der Waals surface area contributed by atoms with Crippen LogP contribution in [0.1, 0.15) is 12.2 Å². The van der Waals surface area contributed by atoms with Crippen LogP contribution in [0, 0.1) is 0 Å². The van der Waals surface area contributed by atoms with E-state index < -0.39 is 0 Å². The van der Waals surface area contributed by atoms with E-state index in [1.54, 1.807) is 13.4 Å². The SMILES string of the molecule is COc1cccc(NC(=S)NCCCc2ccco2)c1. The summed E-state index contributed by atoms with van der Waals surface area (Å²) < 4.78 is 10.4. The van der Waals surface area contributed by atoms with E-state index in [-0.39, 0.29) is 0 Å². The number of hydrogen-bond donors (Lipinski definition) is 2. The number of furan rings is 1. The van der Waals surface area contributed by atoms with Gasteiger partial charge in [0.25, 0.3) is 0 Å². The highest BCUT2D eigenvalue weighted by Gasteiger charge is 2.00. The highest BCUT2D eigenvalue weighted by atomic mass is 32.1. The summed E-state index contributed by atoms with van der Waals surface area (Å²) in [6.07, 6.45) is 3.56. The number of benzene rings is 1. The molecule has 0 fully saturated rings. The maximum atomic E-state index is 5.27. The second-order valence-electron chi connectivity index (χ2n) is 4.30. The maximum absolute atomic E-state index is 5.27. The normalized spacial score (nSPS) is 10.1. The first-order valence-electron chi connectivity index (χ1n) is 6.49. The summed E-state index contributed by atoms with van der Waals surface area (Å²) >= 11 is 5.24. The lowest BCUT2D eigenvalue weighted by Gasteiger charge is -2.11. The van der Waals surface area contributed by atoms with Crippen molar-refractivity contribution in [3.8, 4) is 5.75 Å². The van der Waals surface area contributed by atoms with Crippen molar-refractivity contribution in [2.75, 3.05) is 19.0 Å². The van der Waals surface area contributed by atoms with Crippen molar-refractivity contribution in [1.82, 2.24) is 5.32 Å². The third kappa shape index (κ3) is 4.59. The van der Waals surface area contributed by atoms with Crippen LogP contribution in [0.25, 0.3) is 0 Å². The van der Waals surface area contributed by atoms with E-state index in [2.05, 4.69) is 10.6 Å². The molecule has 0 aliphatic carbocycles. The van der Waals surface area contributed by atoms with E-state index in [1.807, 2.05) is 36.4 Å². The zero-order valence-corrected chi connectivity index (χ0v) is 12.2. The smallest absolute Gasteiger partial charge is 0.170 e. The summed E-state index contributed by atoms with van der Waals surface area (Å²) in [5, 5.41) is 6.91. The molecule has 0 unspecified atom stereocenters. The molecule has 0 atom stereocenters. The first kappa shape index (κ1) is 14.4. The number of rotatable bonds is 6. The number of anilines is 1. The molecule has 2 rings (SSSR count). The van der Waals surface area contributed by atoms with Crippen molar-refractivity contribution < 1.29 is 9.15 Å². The Balaban J connectivity index is 1.69. The Hall–Kier alpha value is -2.01. The molecule has 1 heterocycles. The van der Waals surface area contributed by atoms with Gasteiger partial charge in [-0.1, -0.05) is 6.07 Å². The average Bonchev–Trinajstić information content (AvgIpc) is 2.97. The minimum Gasteiger partial charge on any atom is -0.497 e. The summed E-state index contributed by atoms with van der Waals surface area (Å²) in [4.78, 5) is 0. The van der Waals surface area contributed by atoms with E-state index in [9.17, 15) is 0 Å². The molecule has 2 N–H and O–H groups in total. The predicted octanol–water partition coefficient (Wildman–Crippen LogP) is 3.21. The summed E-state index contributed by atoms with van der Waals surface area (Å²) in [7, 11) is 1.64. The Morgan fingerprint density at radius 2 is 2.20 bits per heavy atom. The van der Waals surface area contributed by atoms with E-state index in [1.165, 1.54) is 0 Å². The Morgan fingerprint density at radius 1 is 1.30 bits per heavy atom. The molecule has 0 saturated heterocycles. The van der Waals surface area contributed by atoms with Crippen molar-refractivity contribution in [2.45, 2.75) is 12.8 Å². The van der Waals surface area contributed by atoms with E-state index >= 15 is 0 Å². The van der Waals surface area contributed by atoms with Crippen LogP contribution < -0.4 is 15.4 Å². The molecule has 0 aliphatic heterocycles. The third-order valence-corrected chi connectivity index (χ3v) is 3.04. The molecule has 0 saturated carbocycles. The molecular formula is C15H18N2O2S. The lowest BCUT2D eigenvalue weighted by molar-refractivity contribution is 0.415. The number of methoxy groups -OCH3 is 1. The molecule has 2 aromatic rings. The first-order chi connectivity index (χ1) is 9.78. The number of nitrogens with one attached hydrogen (secondary N) is 2. The van der Waals surface area contributed by atoms with Gasteiger partial charge in [-0.3, -0.25) is 0 Å². The molecule has 106 valence electrons. The zero-order valence-electron chi connectivity index (χ0n) is 11.4. The molecule has 1 aromatic carbocycles. The molecule has 4 nitrogen and oxygen atoms in total. The van der Waals surface area contributed by atoms with Crippen LogP contribution in [0.3, 0.4) is 0 Å². The molecule has 0 bridgehead atoms. The van der Waals surface area contributed by atoms with Crippen LogP contribution in [0.2, 0.25) is 0 Å². The van der Waals surface area contributed by atoms with Crippen LogP contribution in [0.5, 0.6) is 5.75 Å². The third-order valence-electron chi connectivity index (χ3n) is 2.79. The molecule has 20 heavy (non-hydrogen) atoms. The van der Waals surface area contributed by atoms with E-state index in [0.29, 0.717) is 5.11 Å². The Labute approximate surface area is 124 Å². The van der Waals surface area contributed by atoms with Crippen molar-refractivity contribution in [2.24, 2.45) is 0 Å². The van der Waals surface area contributed by atoms with Gasteiger partial charge in [0.15, 0.2) is 5.11 Å². The van der Waals surface area contributed by atoms with Crippen molar-refractivity contribution >= 4 is 23.0 Å². The maximum Gasteiger partial charge on any atom is 0.170 e. The Bertz CT molecular complexity index is 541. The topological polar surface area (TPSA) is 46.4 Å². The minimum atomic E-state index is 0.609. The Morgan fingerprint density at radius 3 is 2.95 bits per heavy atom. The quantitative estimate of drug-likeness (QED) is 0.632. The summed E-state index contributed by atoms with van der Waals surface area (Å²) in [6, 6.07) is 11.5. The lowest BCUT2D eigenvalue weighted by Crippen LogP contribution is -2.29. The van der Waals surface area contributed by atoms with Crippen LogP contribution in [-0.2, 0) is 6.42 Å². The van der Waals surface area contributed by atoms with Gasteiger partial charge in [-0.25, -0.2) is 0 Å². The highest BCUT2D eigenvalue weighted by molar-refractivity contribution is 7.80. The molecule has 0 radical (unpaired) electrons.